The number of hydrogen-bond donors (Lipinski definition) is 1. The van der Waals surface area contributed by atoms with Gasteiger partial charge in [0, 0.05) is 42.4 Å². The molecule has 0 spiro atoms. The Kier molecular flexibility index (Phi) is 5.73. The van der Waals surface area contributed by atoms with Gasteiger partial charge in [-0.15, -0.1) is 0 Å². The molecule has 3 nitrogen and oxygen atoms in total. The van der Waals surface area contributed by atoms with E-state index >= 15 is 0 Å². The summed E-state index contributed by atoms with van der Waals surface area (Å²) in [5.41, 5.74) is 2.56. The van der Waals surface area contributed by atoms with Crippen LogP contribution >= 0.6 is 11.8 Å². The first-order valence-electron chi connectivity index (χ1n) is 7.68. The maximum atomic E-state index is 4.83. The monoisotopic (exact) mass is 293 g/mol. The van der Waals surface area contributed by atoms with Crippen LogP contribution in [0.1, 0.15) is 39.0 Å². The lowest BCUT2D eigenvalue weighted by atomic mass is 10.1. The highest BCUT2D eigenvalue weighted by molar-refractivity contribution is 8.00. The number of rotatable bonds is 5. The van der Waals surface area contributed by atoms with E-state index in [1.54, 1.807) is 0 Å². The van der Waals surface area contributed by atoms with Gasteiger partial charge in [0.25, 0.3) is 0 Å². The first kappa shape index (κ1) is 15.6. The fourth-order valence-corrected chi connectivity index (χ4v) is 3.44. The normalized spacial score (nSPS) is 19.6. The van der Waals surface area contributed by atoms with Crippen LogP contribution in [0, 0.1) is 0 Å². The van der Waals surface area contributed by atoms with Crippen molar-refractivity contribution in [2.45, 2.75) is 52.0 Å². The minimum atomic E-state index is 0.517. The minimum Gasteiger partial charge on any atom is -0.355 e. The van der Waals surface area contributed by atoms with Crippen molar-refractivity contribution in [1.82, 2.24) is 10.3 Å². The number of nitrogens with zero attached hydrogens (tertiary/aromatic N) is 2. The number of anilines is 1. The molecule has 0 saturated carbocycles. The van der Waals surface area contributed by atoms with Crippen LogP contribution < -0.4 is 10.2 Å². The van der Waals surface area contributed by atoms with E-state index in [1.165, 1.54) is 17.0 Å². The molecule has 2 rings (SSSR count). The molecule has 0 radical (unpaired) electrons. The van der Waals surface area contributed by atoms with Crippen LogP contribution in [0.5, 0.6) is 0 Å². The van der Waals surface area contributed by atoms with Gasteiger partial charge in [0.1, 0.15) is 5.82 Å². The van der Waals surface area contributed by atoms with E-state index < -0.39 is 0 Å². The molecule has 0 bridgehead atoms. The lowest BCUT2D eigenvalue weighted by Gasteiger charge is -2.32. The van der Waals surface area contributed by atoms with Crippen molar-refractivity contribution in [2.75, 3.05) is 23.7 Å². The third-order valence-corrected chi connectivity index (χ3v) is 4.70. The third-order valence-electron chi connectivity index (χ3n) is 3.57. The second kappa shape index (κ2) is 7.32. The number of aromatic nitrogens is 1. The largest absolute Gasteiger partial charge is 0.355 e. The zero-order valence-electron chi connectivity index (χ0n) is 13.1. The average Bonchev–Trinajstić information content (AvgIpc) is 2.44. The summed E-state index contributed by atoms with van der Waals surface area (Å²) in [7, 11) is 0. The Morgan fingerprint density at radius 1 is 1.45 bits per heavy atom. The first-order chi connectivity index (χ1) is 9.58. The number of nitrogens with one attached hydrogen (secondary N) is 1. The van der Waals surface area contributed by atoms with Gasteiger partial charge in [-0.25, -0.2) is 4.98 Å². The van der Waals surface area contributed by atoms with Crippen LogP contribution in [-0.2, 0) is 13.0 Å². The van der Waals surface area contributed by atoms with Crippen LogP contribution in [0.2, 0.25) is 0 Å². The van der Waals surface area contributed by atoms with Gasteiger partial charge in [-0.3, -0.25) is 0 Å². The van der Waals surface area contributed by atoms with E-state index in [9.17, 15) is 0 Å². The maximum Gasteiger partial charge on any atom is 0.129 e. The third kappa shape index (κ3) is 4.38. The van der Waals surface area contributed by atoms with Crippen molar-refractivity contribution in [2.24, 2.45) is 0 Å². The van der Waals surface area contributed by atoms with Crippen molar-refractivity contribution in [3.63, 3.8) is 0 Å². The summed E-state index contributed by atoms with van der Waals surface area (Å²) >= 11 is 2.06. The Bertz CT molecular complexity index is 434. The van der Waals surface area contributed by atoms with Crippen LogP contribution in [0.4, 0.5) is 5.82 Å². The van der Waals surface area contributed by atoms with Gasteiger partial charge in [0.05, 0.1) is 0 Å². The highest BCUT2D eigenvalue weighted by atomic mass is 32.2. The van der Waals surface area contributed by atoms with Crippen molar-refractivity contribution >= 4 is 17.6 Å². The predicted molar refractivity (Wildman–Crippen MR) is 89.7 cm³/mol. The van der Waals surface area contributed by atoms with E-state index in [-0.39, 0.29) is 0 Å². The Balaban J connectivity index is 2.16. The molecule has 1 saturated heterocycles. The van der Waals surface area contributed by atoms with E-state index in [0.29, 0.717) is 11.3 Å². The molecule has 1 atom stereocenters. The molecule has 1 aliphatic rings. The summed E-state index contributed by atoms with van der Waals surface area (Å²) in [4.78, 5) is 7.27. The van der Waals surface area contributed by atoms with Crippen LogP contribution in [0.3, 0.4) is 0 Å². The number of aryl methyl sites for hydroxylation is 1. The molecule has 1 aromatic heterocycles. The Labute approximate surface area is 127 Å². The predicted octanol–water partition coefficient (Wildman–Crippen LogP) is 3.08. The summed E-state index contributed by atoms with van der Waals surface area (Å²) in [5.74, 6) is 2.37. The molecule has 20 heavy (non-hydrogen) atoms. The van der Waals surface area contributed by atoms with Crippen molar-refractivity contribution in [3.8, 4) is 0 Å². The summed E-state index contributed by atoms with van der Waals surface area (Å²) < 4.78 is 0. The van der Waals surface area contributed by atoms with Crippen LogP contribution in [0.15, 0.2) is 12.1 Å². The van der Waals surface area contributed by atoms with Gasteiger partial charge in [0.2, 0.25) is 0 Å². The Morgan fingerprint density at radius 2 is 2.25 bits per heavy atom. The SMILES string of the molecule is CCc1cc(CNC(C)C)cc(N2CCSC(C)C2)n1. The van der Waals surface area contributed by atoms with Crippen molar-refractivity contribution in [3.05, 3.63) is 23.4 Å². The molecule has 1 aromatic rings. The topological polar surface area (TPSA) is 28.2 Å². The minimum absolute atomic E-state index is 0.517. The summed E-state index contributed by atoms with van der Waals surface area (Å²) in [6.45, 7) is 12.0. The quantitative estimate of drug-likeness (QED) is 0.903. The molecule has 4 heteroatoms. The summed E-state index contributed by atoms with van der Waals surface area (Å²) in [5, 5.41) is 4.20. The second-order valence-corrected chi connectivity index (χ2v) is 7.39. The molecular weight excluding hydrogens is 266 g/mol. The zero-order chi connectivity index (χ0) is 14.5. The average molecular weight is 293 g/mol. The summed E-state index contributed by atoms with van der Waals surface area (Å²) in [6, 6.07) is 5.02. The van der Waals surface area contributed by atoms with E-state index in [1.807, 2.05) is 0 Å². The van der Waals surface area contributed by atoms with Crippen LogP contribution in [0.25, 0.3) is 0 Å². The molecule has 1 fully saturated rings. The van der Waals surface area contributed by atoms with Gasteiger partial charge >= 0.3 is 0 Å². The van der Waals surface area contributed by atoms with Gasteiger partial charge < -0.3 is 10.2 Å². The lowest BCUT2D eigenvalue weighted by Crippen LogP contribution is -2.37. The fraction of sp³-hybridized carbons (Fsp3) is 0.688. The van der Waals surface area contributed by atoms with Crippen molar-refractivity contribution in [1.29, 1.82) is 0 Å². The van der Waals surface area contributed by atoms with Gasteiger partial charge in [-0.1, -0.05) is 27.7 Å². The molecule has 0 amide bonds. The molecule has 1 unspecified atom stereocenters. The van der Waals surface area contributed by atoms with Crippen LogP contribution in [-0.4, -0.2) is 35.1 Å². The standard InChI is InChI=1S/C16H27N3S/c1-5-15-8-14(10-17-12(2)3)9-16(18-15)19-6-7-20-13(4)11-19/h8-9,12-13,17H,5-7,10-11H2,1-4H3. The highest BCUT2D eigenvalue weighted by Gasteiger charge is 2.18. The second-order valence-electron chi connectivity index (χ2n) is 5.84. The molecule has 2 heterocycles. The molecule has 0 aliphatic carbocycles. The fourth-order valence-electron chi connectivity index (χ4n) is 2.43. The van der Waals surface area contributed by atoms with Gasteiger partial charge in [-0.2, -0.15) is 11.8 Å². The highest BCUT2D eigenvalue weighted by Crippen LogP contribution is 2.23. The van der Waals surface area contributed by atoms with E-state index in [0.717, 1.165) is 31.9 Å². The molecular formula is C16H27N3S. The first-order valence-corrected chi connectivity index (χ1v) is 8.73. The van der Waals surface area contributed by atoms with E-state index in [2.05, 4.69) is 61.8 Å². The number of thioether (sulfide) groups is 1. The van der Waals surface area contributed by atoms with E-state index in [4.69, 9.17) is 4.98 Å². The van der Waals surface area contributed by atoms with Crippen molar-refractivity contribution < 1.29 is 0 Å². The molecule has 0 aromatic carbocycles. The number of hydrogen-bond acceptors (Lipinski definition) is 4. The zero-order valence-corrected chi connectivity index (χ0v) is 14.0. The lowest BCUT2D eigenvalue weighted by molar-refractivity contribution is 0.588. The number of pyridine rings is 1. The van der Waals surface area contributed by atoms with Gasteiger partial charge in [-0.05, 0) is 24.1 Å². The Hall–Kier alpha value is -0.740. The van der Waals surface area contributed by atoms with Gasteiger partial charge in [0.15, 0.2) is 0 Å². The molecule has 1 aliphatic heterocycles. The maximum absolute atomic E-state index is 4.83. The smallest absolute Gasteiger partial charge is 0.129 e. The molecule has 112 valence electrons. The summed E-state index contributed by atoms with van der Waals surface area (Å²) in [6.07, 6.45) is 1.00. The molecule has 1 N–H and O–H groups in total. The Morgan fingerprint density at radius 3 is 2.90 bits per heavy atom.